The quantitative estimate of drug-likeness (QED) is 0.454. The fourth-order valence-electron chi connectivity index (χ4n) is 2.82. The number of rotatable bonds is 7. The lowest BCUT2D eigenvalue weighted by molar-refractivity contribution is 0.112. The SMILES string of the molecule is C=CN=C/C(=C\C)CNC.Cc1c(=O)n(Cc2ccccc2)c(=O)n2cc(C=O)sc12. The van der Waals surface area contributed by atoms with Gasteiger partial charge in [-0.05, 0) is 32.0 Å². The van der Waals surface area contributed by atoms with Crippen molar-refractivity contribution >= 4 is 28.7 Å². The summed E-state index contributed by atoms with van der Waals surface area (Å²) in [5.74, 6) is 0. The maximum atomic E-state index is 12.5. The number of aromatic nitrogens is 2. The number of carbonyl (C=O) groups excluding carboxylic acids is 1. The third-order valence-electron chi connectivity index (χ3n) is 4.41. The van der Waals surface area contributed by atoms with Gasteiger partial charge in [-0.1, -0.05) is 43.0 Å². The second-order valence-corrected chi connectivity index (χ2v) is 7.63. The van der Waals surface area contributed by atoms with Crippen LogP contribution < -0.4 is 16.6 Å². The summed E-state index contributed by atoms with van der Waals surface area (Å²) in [7, 11) is 1.91. The summed E-state index contributed by atoms with van der Waals surface area (Å²) in [6.45, 7) is 8.21. The van der Waals surface area contributed by atoms with Crippen LogP contribution in [0.3, 0.4) is 0 Å². The summed E-state index contributed by atoms with van der Waals surface area (Å²) in [5, 5.41) is 3.03. The number of hydrogen-bond acceptors (Lipinski definition) is 6. The molecule has 0 aliphatic rings. The molecule has 0 amide bonds. The second-order valence-electron chi connectivity index (χ2n) is 6.57. The van der Waals surface area contributed by atoms with Gasteiger partial charge in [0, 0.05) is 30.7 Å². The molecular weight excluding hydrogens is 412 g/mol. The van der Waals surface area contributed by atoms with E-state index in [-0.39, 0.29) is 12.1 Å². The minimum absolute atomic E-state index is 0.217. The highest BCUT2D eigenvalue weighted by molar-refractivity contribution is 7.19. The summed E-state index contributed by atoms with van der Waals surface area (Å²) >= 11 is 1.15. The van der Waals surface area contributed by atoms with Crippen LogP contribution in [0.2, 0.25) is 0 Å². The standard InChI is InChI=1S/C15H12N2O3S.C8H14N2/c1-10-13(19)16(7-11-5-3-2-4-6-11)15(20)17-8-12(9-18)21-14(10)17;1-4-8(6-9-3)7-10-5-2/h2-6,8-9H,7H2,1H3;4-5,7,9H,2,6H2,1,3H3/b;8-4-,10-7?. The van der Waals surface area contributed by atoms with Crippen molar-refractivity contribution in [3.8, 4) is 0 Å². The van der Waals surface area contributed by atoms with Crippen LogP contribution in [-0.2, 0) is 6.54 Å². The van der Waals surface area contributed by atoms with Gasteiger partial charge < -0.3 is 5.32 Å². The average Bonchev–Trinajstić information content (AvgIpc) is 3.24. The zero-order valence-electron chi connectivity index (χ0n) is 17.9. The predicted molar refractivity (Wildman–Crippen MR) is 128 cm³/mol. The molecule has 1 N–H and O–H groups in total. The largest absolute Gasteiger partial charge is 0.336 e. The van der Waals surface area contributed by atoms with Crippen LogP contribution in [-0.4, -0.2) is 35.1 Å². The first-order chi connectivity index (χ1) is 15.0. The highest BCUT2D eigenvalue weighted by atomic mass is 32.1. The zero-order chi connectivity index (χ0) is 22.8. The molecule has 31 heavy (non-hydrogen) atoms. The third-order valence-corrected chi connectivity index (χ3v) is 5.54. The molecule has 0 aliphatic heterocycles. The lowest BCUT2D eigenvalue weighted by Crippen LogP contribution is -2.38. The first kappa shape index (κ1) is 23.9. The fraction of sp³-hybridized carbons (Fsp3) is 0.217. The van der Waals surface area contributed by atoms with Gasteiger partial charge in [0.2, 0.25) is 0 Å². The Morgan fingerprint density at radius 2 is 1.97 bits per heavy atom. The lowest BCUT2D eigenvalue weighted by Gasteiger charge is -2.07. The van der Waals surface area contributed by atoms with Crippen molar-refractivity contribution < 1.29 is 4.79 Å². The van der Waals surface area contributed by atoms with E-state index in [4.69, 9.17) is 0 Å². The van der Waals surface area contributed by atoms with E-state index in [2.05, 4.69) is 16.9 Å². The number of aldehydes is 1. The summed E-state index contributed by atoms with van der Waals surface area (Å²) < 4.78 is 2.56. The van der Waals surface area contributed by atoms with Crippen molar-refractivity contribution in [3.63, 3.8) is 0 Å². The number of hydrogen-bond donors (Lipinski definition) is 1. The van der Waals surface area contributed by atoms with Crippen LogP contribution in [0.4, 0.5) is 0 Å². The smallest absolute Gasteiger partial charge is 0.316 e. The first-order valence-electron chi connectivity index (χ1n) is 9.65. The number of nitrogens with zero attached hydrogens (tertiary/aromatic N) is 3. The van der Waals surface area contributed by atoms with Crippen molar-refractivity contribution in [2.24, 2.45) is 4.99 Å². The molecule has 0 spiro atoms. The minimum atomic E-state index is -0.422. The number of carbonyl (C=O) groups is 1. The van der Waals surface area contributed by atoms with Crippen LogP contribution in [0.25, 0.3) is 4.83 Å². The number of aliphatic imine (C=N–C) groups is 1. The molecule has 7 nitrogen and oxygen atoms in total. The molecule has 162 valence electrons. The Labute approximate surface area is 184 Å². The highest BCUT2D eigenvalue weighted by Gasteiger charge is 2.14. The van der Waals surface area contributed by atoms with Crippen molar-refractivity contribution in [1.82, 2.24) is 14.3 Å². The predicted octanol–water partition coefficient (Wildman–Crippen LogP) is 3.06. The molecule has 0 saturated heterocycles. The Balaban J connectivity index is 0.000000291. The van der Waals surface area contributed by atoms with E-state index in [0.717, 1.165) is 23.4 Å². The molecule has 0 bridgehead atoms. The van der Waals surface area contributed by atoms with Gasteiger partial charge in [-0.2, -0.15) is 0 Å². The zero-order valence-corrected chi connectivity index (χ0v) is 18.7. The van der Waals surface area contributed by atoms with E-state index in [0.29, 0.717) is 21.6 Å². The summed E-state index contributed by atoms with van der Waals surface area (Å²) in [5.41, 5.74) is 1.78. The van der Waals surface area contributed by atoms with E-state index in [1.807, 2.05) is 50.4 Å². The molecule has 0 radical (unpaired) electrons. The molecule has 8 heteroatoms. The third kappa shape index (κ3) is 6.07. The van der Waals surface area contributed by atoms with Crippen LogP contribution in [0.1, 0.15) is 27.7 Å². The van der Waals surface area contributed by atoms with Crippen LogP contribution >= 0.6 is 11.3 Å². The molecule has 3 aromatic rings. The molecule has 3 rings (SSSR count). The number of likely N-dealkylation sites (N-methyl/N-ethyl adjacent to an activating group) is 1. The number of allylic oxidation sites excluding steroid dienone is 1. The van der Waals surface area contributed by atoms with Gasteiger partial charge in [0.25, 0.3) is 5.56 Å². The normalized spacial score (nSPS) is 11.4. The van der Waals surface area contributed by atoms with Gasteiger partial charge in [-0.3, -0.25) is 23.5 Å². The van der Waals surface area contributed by atoms with Gasteiger partial charge in [0.1, 0.15) is 4.83 Å². The molecule has 2 heterocycles. The summed E-state index contributed by atoms with van der Waals surface area (Å²) in [6, 6.07) is 9.32. The minimum Gasteiger partial charge on any atom is -0.316 e. The van der Waals surface area contributed by atoms with Gasteiger partial charge in [-0.15, -0.1) is 11.3 Å². The number of aryl methyl sites for hydroxylation is 1. The van der Waals surface area contributed by atoms with Crippen LogP contribution in [0, 0.1) is 6.92 Å². The van der Waals surface area contributed by atoms with Crippen LogP contribution in [0.5, 0.6) is 0 Å². The average molecular weight is 439 g/mol. The van der Waals surface area contributed by atoms with E-state index in [9.17, 15) is 14.4 Å². The van der Waals surface area contributed by atoms with E-state index in [1.54, 1.807) is 13.1 Å². The molecular formula is C23H26N4O3S. The number of benzene rings is 1. The molecule has 0 aliphatic carbocycles. The van der Waals surface area contributed by atoms with Gasteiger partial charge in [-0.25, -0.2) is 4.79 Å². The molecule has 0 fully saturated rings. The van der Waals surface area contributed by atoms with Crippen molar-refractivity contribution in [2.45, 2.75) is 20.4 Å². The molecule has 0 atom stereocenters. The Hall–Kier alpha value is -3.36. The van der Waals surface area contributed by atoms with Crippen LogP contribution in [0.15, 0.2) is 75.5 Å². The second kappa shape index (κ2) is 11.7. The van der Waals surface area contributed by atoms with Crippen molar-refractivity contribution in [1.29, 1.82) is 0 Å². The highest BCUT2D eigenvalue weighted by Crippen LogP contribution is 2.16. The van der Waals surface area contributed by atoms with Crippen molar-refractivity contribution in [2.75, 3.05) is 13.6 Å². The maximum Gasteiger partial charge on any atom is 0.336 e. The Morgan fingerprint density at radius 1 is 1.26 bits per heavy atom. The molecule has 1 aromatic carbocycles. The Morgan fingerprint density at radius 3 is 2.55 bits per heavy atom. The van der Waals surface area contributed by atoms with Gasteiger partial charge in [0.15, 0.2) is 6.29 Å². The Bertz CT molecular complexity index is 1220. The number of thiazole rings is 1. The molecule has 0 saturated carbocycles. The van der Waals surface area contributed by atoms with Gasteiger partial charge in [0.05, 0.1) is 11.4 Å². The number of nitrogens with one attached hydrogen (secondary N) is 1. The van der Waals surface area contributed by atoms with Gasteiger partial charge >= 0.3 is 5.69 Å². The maximum absolute atomic E-state index is 12.5. The fourth-order valence-corrected chi connectivity index (χ4v) is 3.72. The molecule has 2 aromatic heterocycles. The van der Waals surface area contributed by atoms with E-state index < -0.39 is 5.69 Å². The lowest BCUT2D eigenvalue weighted by atomic mass is 10.2. The van der Waals surface area contributed by atoms with Crippen molar-refractivity contribution in [3.05, 3.63) is 97.8 Å². The van der Waals surface area contributed by atoms with E-state index in [1.165, 1.54) is 26.9 Å². The number of fused-ring (bicyclic) bond motifs is 1. The molecule has 0 unspecified atom stereocenters. The summed E-state index contributed by atoms with van der Waals surface area (Å²) in [4.78, 5) is 40.5. The Kier molecular flexibility index (Phi) is 9.05. The summed E-state index contributed by atoms with van der Waals surface area (Å²) in [6.07, 6.45) is 7.50. The van der Waals surface area contributed by atoms with E-state index >= 15 is 0 Å². The first-order valence-corrected chi connectivity index (χ1v) is 10.5. The topological polar surface area (TPSA) is 84.9 Å². The monoisotopic (exact) mass is 438 g/mol.